The van der Waals surface area contributed by atoms with Crippen molar-refractivity contribution in [1.29, 1.82) is 0 Å². The van der Waals surface area contributed by atoms with Crippen LogP contribution in [0.4, 0.5) is 17.3 Å². The number of nitrogens with one attached hydrogen (secondary N) is 2. The van der Waals surface area contributed by atoms with Crippen LogP contribution in [0.2, 0.25) is 0 Å². The number of hydrogen-bond acceptors (Lipinski definition) is 5. The van der Waals surface area contributed by atoms with Gasteiger partial charge in [0.25, 0.3) is 5.91 Å². The molecule has 2 N–H and O–H groups in total. The summed E-state index contributed by atoms with van der Waals surface area (Å²) in [6.07, 6.45) is 9.67. The minimum absolute atomic E-state index is 0.123. The van der Waals surface area contributed by atoms with E-state index >= 15 is 0 Å². The van der Waals surface area contributed by atoms with E-state index in [9.17, 15) is 4.79 Å². The summed E-state index contributed by atoms with van der Waals surface area (Å²) in [5, 5.41) is 6.39. The Morgan fingerprint density at radius 3 is 2.73 bits per heavy atom. The molecule has 1 aliphatic rings. The molecule has 0 saturated heterocycles. The molecule has 1 aliphatic carbocycles. The maximum Gasteiger partial charge on any atom is 0.255 e. The third-order valence-corrected chi connectivity index (χ3v) is 6.00. The lowest BCUT2D eigenvalue weighted by atomic mass is 9.90. The third-order valence-electron chi connectivity index (χ3n) is 6.00. The first-order valence-corrected chi connectivity index (χ1v) is 11.2. The second-order valence-corrected chi connectivity index (χ2v) is 8.27. The first-order chi connectivity index (χ1) is 16.2. The first-order valence-electron chi connectivity index (χ1n) is 11.2. The predicted octanol–water partition coefficient (Wildman–Crippen LogP) is 5.72. The lowest BCUT2D eigenvalue weighted by molar-refractivity contribution is 0.102. The smallest absolute Gasteiger partial charge is 0.255 e. The fraction of sp³-hybridized carbons (Fsp3) is 0.185. The molecule has 0 bridgehead atoms. The maximum absolute atomic E-state index is 13.1. The molecule has 0 aliphatic heterocycles. The minimum Gasteiger partial charge on any atom is -0.324 e. The average Bonchev–Trinajstić information content (AvgIpc) is 2.86. The molecule has 6 heteroatoms. The number of amides is 1. The van der Waals surface area contributed by atoms with Crippen LogP contribution < -0.4 is 10.6 Å². The number of anilines is 3. The van der Waals surface area contributed by atoms with Gasteiger partial charge in [0.05, 0.1) is 5.69 Å². The van der Waals surface area contributed by atoms with Crippen molar-refractivity contribution in [3.8, 4) is 11.3 Å². The predicted molar refractivity (Wildman–Crippen MR) is 131 cm³/mol. The van der Waals surface area contributed by atoms with Gasteiger partial charge in [-0.05, 0) is 85.7 Å². The second-order valence-electron chi connectivity index (χ2n) is 8.27. The lowest BCUT2D eigenvalue weighted by Crippen LogP contribution is -2.15. The van der Waals surface area contributed by atoms with E-state index in [1.807, 2.05) is 55.5 Å². The number of carbonyl (C=O) groups is 1. The van der Waals surface area contributed by atoms with Crippen molar-refractivity contribution in [3.05, 3.63) is 95.4 Å². The van der Waals surface area contributed by atoms with Crippen molar-refractivity contribution in [3.63, 3.8) is 0 Å². The molecule has 6 nitrogen and oxygen atoms in total. The van der Waals surface area contributed by atoms with Crippen LogP contribution in [-0.4, -0.2) is 20.9 Å². The molecule has 2 heterocycles. The highest BCUT2D eigenvalue weighted by molar-refractivity contribution is 6.05. The largest absolute Gasteiger partial charge is 0.324 e. The summed E-state index contributed by atoms with van der Waals surface area (Å²) in [6.45, 7) is 1.99. The Morgan fingerprint density at radius 2 is 1.85 bits per heavy atom. The van der Waals surface area contributed by atoms with Crippen LogP contribution in [0, 0.1) is 6.92 Å². The van der Waals surface area contributed by atoms with Gasteiger partial charge >= 0.3 is 0 Å². The fourth-order valence-corrected chi connectivity index (χ4v) is 4.21. The van der Waals surface area contributed by atoms with Gasteiger partial charge in [0.2, 0.25) is 5.95 Å². The molecule has 0 atom stereocenters. The Morgan fingerprint density at radius 1 is 0.939 bits per heavy atom. The molecule has 0 fully saturated rings. The number of hydrogen-bond donors (Lipinski definition) is 2. The van der Waals surface area contributed by atoms with Crippen LogP contribution in [0.1, 0.15) is 39.9 Å². The lowest BCUT2D eigenvalue weighted by Gasteiger charge is -2.19. The van der Waals surface area contributed by atoms with Gasteiger partial charge in [-0.25, -0.2) is 9.97 Å². The van der Waals surface area contributed by atoms with Crippen molar-refractivity contribution < 1.29 is 4.79 Å². The number of pyridine rings is 1. The van der Waals surface area contributed by atoms with Crippen molar-refractivity contribution in [1.82, 2.24) is 15.0 Å². The molecule has 33 heavy (non-hydrogen) atoms. The van der Waals surface area contributed by atoms with Gasteiger partial charge in [-0.1, -0.05) is 18.2 Å². The maximum atomic E-state index is 13.1. The summed E-state index contributed by atoms with van der Waals surface area (Å²) < 4.78 is 0. The van der Waals surface area contributed by atoms with Crippen molar-refractivity contribution in [2.75, 3.05) is 10.6 Å². The number of carbonyl (C=O) groups excluding carboxylic acids is 1. The summed E-state index contributed by atoms with van der Waals surface area (Å²) in [5.74, 6) is 0.344. The molecule has 4 aromatic rings. The van der Waals surface area contributed by atoms with Crippen molar-refractivity contribution in [2.45, 2.75) is 32.6 Å². The Hall–Kier alpha value is -4.06. The zero-order chi connectivity index (χ0) is 22.6. The van der Waals surface area contributed by atoms with Gasteiger partial charge in [-0.3, -0.25) is 9.78 Å². The molecule has 2 aromatic heterocycles. The second kappa shape index (κ2) is 9.20. The Kier molecular flexibility index (Phi) is 5.81. The Bertz CT molecular complexity index is 1300. The molecule has 0 saturated carbocycles. The summed E-state index contributed by atoms with van der Waals surface area (Å²) in [4.78, 5) is 26.2. The molecule has 0 radical (unpaired) electrons. The summed E-state index contributed by atoms with van der Waals surface area (Å²) in [6, 6.07) is 17.5. The summed E-state index contributed by atoms with van der Waals surface area (Å²) in [5.41, 5.74) is 7.60. The number of aryl methyl sites for hydroxylation is 2. The van der Waals surface area contributed by atoms with Crippen molar-refractivity contribution in [2.24, 2.45) is 0 Å². The van der Waals surface area contributed by atoms with E-state index in [1.165, 1.54) is 17.5 Å². The van der Waals surface area contributed by atoms with E-state index < -0.39 is 0 Å². The van der Waals surface area contributed by atoms with Gasteiger partial charge in [0.1, 0.15) is 0 Å². The molecular weight excluding hydrogens is 410 g/mol. The van der Waals surface area contributed by atoms with Gasteiger partial charge in [0, 0.05) is 41.1 Å². The number of rotatable bonds is 5. The van der Waals surface area contributed by atoms with E-state index in [4.69, 9.17) is 0 Å². The van der Waals surface area contributed by atoms with E-state index in [-0.39, 0.29) is 5.91 Å². The van der Waals surface area contributed by atoms with E-state index in [2.05, 4.69) is 31.7 Å². The molecule has 1 amide bonds. The van der Waals surface area contributed by atoms with Crippen LogP contribution in [-0.2, 0) is 12.8 Å². The van der Waals surface area contributed by atoms with Crippen molar-refractivity contribution >= 4 is 23.2 Å². The molecular formula is C27H25N5O. The van der Waals surface area contributed by atoms with Crippen LogP contribution >= 0.6 is 0 Å². The van der Waals surface area contributed by atoms with E-state index in [0.717, 1.165) is 47.5 Å². The monoisotopic (exact) mass is 435 g/mol. The fourth-order valence-electron chi connectivity index (χ4n) is 4.21. The number of nitrogens with zero attached hydrogens (tertiary/aromatic N) is 3. The minimum atomic E-state index is -0.123. The molecule has 0 unspecified atom stereocenters. The van der Waals surface area contributed by atoms with Crippen LogP contribution in [0.5, 0.6) is 0 Å². The zero-order valence-corrected chi connectivity index (χ0v) is 18.5. The summed E-state index contributed by atoms with van der Waals surface area (Å²) in [7, 11) is 0. The van der Waals surface area contributed by atoms with Crippen LogP contribution in [0.3, 0.4) is 0 Å². The Labute approximate surface area is 193 Å². The van der Waals surface area contributed by atoms with Crippen LogP contribution in [0.25, 0.3) is 11.3 Å². The number of benzene rings is 2. The Balaban J connectivity index is 1.37. The third kappa shape index (κ3) is 4.60. The molecule has 0 spiro atoms. The SMILES string of the molecule is Cc1ccc(C(=O)Nc2cccc3c2CCCC3)cc1Nc1nccc(-c2cccnc2)n1. The molecule has 5 rings (SSSR count). The first kappa shape index (κ1) is 20.8. The number of fused-ring (bicyclic) bond motifs is 1. The van der Waals surface area contributed by atoms with Gasteiger partial charge in [0.15, 0.2) is 0 Å². The molecule has 164 valence electrons. The highest BCUT2D eigenvalue weighted by Crippen LogP contribution is 2.29. The van der Waals surface area contributed by atoms with Gasteiger partial charge in [-0.2, -0.15) is 0 Å². The highest BCUT2D eigenvalue weighted by atomic mass is 16.1. The quantitative estimate of drug-likeness (QED) is 0.419. The highest BCUT2D eigenvalue weighted by Gasteiger charge is 2.16. The normalized spacial score (nSPS) is 12.6. The molecule has 2 aromatic carbocycles. The van der Waals surface area contributed by atoms with Gasteiger partial charge < -0.3 is 10.6 Å². The van der Waals surface area contributed by atoms with Crippen LogP contribution in [0.15, 0.2) is 73.2 Å². The van der Waals surface area contributed by atoms with E-state index in [1.54, 1.807) is 18.6 Å². The average molecular weight is 436 g/mol. The topological polar surface area (TPSA) is 79.8 Å². The standard InChI is InChI=1S/C27H25N5O/c1-18-11-12-20(26(33)30-24-10-4-7-19-6-2-3-9-22(19)24)16-25(18)32-27-29-15-13-23(31-27)21-8-5-14-28-17-21/h4-5,7-8,10-17H,2-3,6,9H2,1H3,(H,30,33)(H,29,31,32). The summed E-state index contributed by atoms with van der Waals surface area (Å²) >= 11 is 0. The number of aromatic nitrogens is 3. The zero-order valence-electron chi connectivity index (χ0n) is 18.5. The van der Waals surface area contributed by atoms with Gasteiger partial charge in [-0.15, -0.1) is 0 Å². The van der Waals surface area contributed by atoms with E-state index in [0.29, 0.717) is 11.5 Å².